The van der Waals surface area contributed by atoms with Crippen molar-refractivity contribution < 1.29 is 4.74 Å². The van der Waals surface area contributed by atoms with Crippen molar-refractivity contribution in [2.75, 3.05) is 17.6 Å². The second kappa shape index (κ2) is 8.46. The summed E-state index contributed by atoms with van der Waals surface area (Å²) in [5.41, 5.74) is 8.60. The molecule has 2 aromatic heterocycles. The summed E-state index contributed by atoms with van der Waals surface area (Å²) in [6, 6.07) is 17.6. The number of nitrogens with zero attached hydrogens (tertiary/aromatic N) is 2. The normalized spacial score (nSPS) is 10.9. The monoisotopic (exact) mass is 410 g/mol. The number of thiophene rings is 1. The molecule has 0 fully saturated rings. The van der Waals surface area contributed by atoms with Crippen LogP contribution < -0.4 is 15.8 Å². The molecule has 0 aliphatic heterocycles. The number of rotatable bonds is 7. The first-order valence-electron chi connectivity index (χ1n) is 8.88. The lowest BCUT2D eigenvalue weighted by Gasteiger charge is -2.12. The van der Waals surface area contributed by atoms with Crippen LogP contribution >= 0.6 is 22.9 Å². The van der Waals surface area contributed by atoms with Gasteiger partial charge in [0.15, 0.2) is 0 Å². The van der Waals surface area contributed by atoms with E-state index < -0.39 is 0 Å². The van der Waals surface area contributed by atoms with E-state index in [1.807, 2.05) is 48.5 Å². The molecule has 0 aliphatic carbocycles. The van der Waals surface area contributed by atoms with Gasteiger partial charge in [0.25, 0.3) is 0 Å². The summed E-state index contributed by atoms with van der Waals surface area (Å²) in [6.45, 7) is 1.23. The topological polar surface area (TPSA) is 73.1 Å². The van der Waals surface area contributed by atoms with E-state index >= 15 is 0 Å². The molecule has 0 aliphatic rings. The summed E-state index contributed by atoms with van der Waals surface area (Å²) in [5, 5.41) is 4.31. The fourth-order valence-corrected chi connectivity index (χ4v) is 3.96. The van der Waals surface area contributed by atoms with E-state index in [4.69, 9.17) is 22.1 Å². The molecule has 0 saturated carbocycles. The minimum atomic E-state index is 0.512. The van der Waals surface area contributed by atoms with Crippen molar-refractivity contribution in [2.45, 2.75) is 13.0 Å². The summed E-state index contributed by atoms with van der Waals surface area (Å²) in [5.74, 6) is 1.66. The Morgan fingerprint density at radius 3 is 2.82 bits per heavy atom. The van der Waals surface area contributed by atoms with Gasteiger partial charge in [-0.15, -0.1) is 11.3 Å². The van der Waals surface area contributed by atoms with Gasteiger partial charge < -0.3 is 15.8 Å². The van der Waals surface area contributed by atoms with Gasteiger partial charge in [0.05, 0.1) is 9.85 Å². The van der Waals surface area contributed by atoms with Crippen molar-refractivity contribution in [3.8, 4) is 5.75 Å². The zero-order valence-electron chi connectivity index (χ0n) is 15.1. The third kappa shape index (κ3) is 4.35. The number of aromatic nitrogens is 2. The van der Waals surface area contributed by atoms with Crippen LogP contribution in [0, 0.1) is 0 Å². The number of para-hydroxylation sites is 1. The van der Waals surface area contributed by atoms with Crippen LogP contribution in [0.3, 0.4) is 0 Å². The molecule has 2 aromatic carbocycles. The highest BCUT2D eigenvalue weighted by Crippen LogP contribution is 2.25. The lowest BCUT2D eigenvalue weighted by Crippen LogP contribution is -2.08. The van der Waals surface area contributed by atoms with Crippen LogP contribution in [0.15, 0.2) is 60.9 Å². The average Bonchev–Trinajstić information content (AvgIpc) is 3.13. The van der Waals surface area contributed by atoms with E-state index in [2.05, 4.69) is 21.4 Å². The third-order valence-electron chi connectivity index (χ3n) is 4.32. The number of hydrogen-bond donors (Lipinski definition) is 2. The molecule has 0 radical (unpaired) electrons. The van der Waals surface area contributed by atoms with E-state index in [9.17, 15) is 0 Å². The lowest BCUT2D eigenvalue weighted by atomic mass is 10.1. The molecule has 7 heteroatoms. The molecule has 0 atom stereocenters. The van der Waals surface area contributed by atoms with E-state index in [1.54, 1.807) is 6.33 Å². The van der Waals surface area contributed by atoms with Crippen LogP contribution in [0.25, 0.3) is 10.9 Å². The van der Waals surface area contributed by atoms with Gasteiger partial charge in [0.1, 0.15) is 24.5 Å². The molecule has 2 heterocycles. The maximum absolute atomic E-state index is 6.01. The molecule has 0 spiro atoms. The first kappa shape index (κ1) is 18.5. The minimum Gasteiger partial charge on any atom is -0.488 e. The van der Waals surface area contributed by atoms with Crippen LogP contribution in [0.4, 0.5) is 11.5 Å². The highest BCUT2D eigenvalue weighted by Gasteiger charge is 2.07. The number of ether oxygens (including phenoxy) is 1. The van der Waals surface area contributed by atoms with Gasteiger partial charge in [0.2, 0.25) is 0 Å². The lowest BCUT2D eigenvalue weighted by molar-refractivity contribution is 0.306. The van der Waals surface area contributed by atoms with Crippen molar-refractivity contribution in [1.82, 2.24) is 9.97 Å². The van der Waals surface area contributed by atoms with Crippen LogP contribution in [0.5, 0.6) is 5.75 Å². The fourth-order valence-electron chi connectivity index (χ4n) is 2.96. The fraction of sp³-hybridized carbons (Fsp3) is 0.143. The Morgan fingerprint density at radius 2 is 1.96 bits per heavy atom. The Bertz CT molecular complexity index is 1100. The molecule has 4 aromatic rings. The summed E-state index contributed by atoms with van der Waals surface area (Å²) in [7, 11) is 0. The molecule has 0 saturated heterocycles. The van der Waals surface area contributed by atoms with Gasteiger partial charge in [0, 0.05) is 22.5 Å². The standard InChI is InChI=1S/C21H19ClN4OS/c22-20-8-6-16(28-20)12-27-19-4-2-1-3-14(19)9-10-24-21-17-11-15(23)5-7-18(17)25-13-26-21/h1-8,11,13H,9-10,12,23H2,(H,24,25,26). The molecule has 0 bridgehead atoms. The van der Waals surface area contributed by atoms with Gasteiger partial charge in [-0.3, -0.25) is 0 Å². The van der Waals surface area contributed by atoms with Crippen LogP contribution in [0.2, 0.25) is 4.34 Å². The predicted octanol–water partition coefficient (Wildman–Crippen LogP) is 5.16. The number of nitrogen functional groups attached to an aromatic ring is 1. The number of nitrogens with two attached hydrogens (primary N) is 1. The molecule has 5 nitrogen and oxygen atoms in total. The molecular weight excluding hydrogens is 392 g/mol. The van der Waals surface area contributed by atoms with Crippen LogP contribution in [0.1, 0.15) is 10.4 Å². The quantitative estimate of drug-likeness (QED) is 0.411. The molecule has 3 N–H and O–H groups in total. The van der Waals surface area contributed by atoms with Gasteiger partial charge in [-0.2, -0.15) is 0 Å². The maximum Gasteiger partial charge on any atom is 0.137 e. The van der Waals surface area contributed by atoms with Crippen LogP contribution in [-0.4, -0.2) is 16.5 Å². The Balaban J connectivity index is 1.42. The number of hydrogen-bond acceptors (Lipinski definition) is 6. The molecule has 0 amide bonds. The summed E-state index contributed by atoms with van der Waals surface area (Å²) in [6.07, 6.45) is 2.36. The minimum absolute atomic E-state index is 0.512. The van der Waals surface area contributed by atoms with E-state index in [-0.39, 0.29) is 0 Å². The number of anilines is 2. The molecule has 142 valence electrons. The summed E-state index contributed by atoms with van der Waals surface area (Å²) >= 11 is 7.52. The van der Waals surface area contributed by atoms with Crippen molar-refractivity contribution in [3.63, 3.8) is 0 Å². The Kier molecular flexibility index (Phi) is 5.60. The highest BCUT2D eigenvalue weighted by molar-refractivity contribution is 7.16. The summed E-state index contributed by atoms with van der Waals surface area (Å²) < 4.78 is 6.78. The van der Waals surface area contributed by atoms with Gasteiger partial charge in [-0.25, -0.2) is 9.97 Å². The zero-order valence-corrected chi connectivity index (χ0v) is 16.6. The second-order valence-corrected chi connectivity index (χ2v) is 8.08. The van der Waals surface area contributed by atoms with Gasteiger partial charge in [-0.05, 0) is 48.4 Å². The first-order valence-corrected chi connectivity index (χ1v) is 10.1. The largest absolute Gasteiger partial charge is 0.488 e. The number of nitrogens with one attached hydrogen (secondary N) is 1. The van der Waals surface area contributed by atoms with E-state index in [0.29, 0.717) is 18.8 Å². The van der Waals surface area contributed by atoms with Gasteiger partial charge in [-0.1, -0.05) is 29.8 Å². The first-order chi connectivity index (χ1) is 13.7. The summed E-state index contributed by atoms with van der Waals surface area (Å²) in [4.78, 5) is 9.74. The van der Waals surface area contributed by atoms with Crippen LogP contribution in [-0.2, 0) is 13.0 Å². The van der Waals surface area contributed by atoms with Crippen molar-refractivity contribution in [1.29, 1.82) is 0 Å². The molecule has 0 unspecified atom stereocenters. The van der Waals surface area contributed by atoms with E-state index in [0.717, 1.165) is 43.7 Å². The number of fused-ring (bicyclic) bond motifs is 1. The molecular formula is C21H19ClN4OS. The molecule has 28 heavy (non-hydrogen) atoms. The highest BCUT2D eigenvalue weighted by atomic mass is 35.5. The Morgan fingerprint density at radius 1 is 1.07 bits per heavy atom. The third-order valence-corrected chi connectivity index (χ3v) is 5.52. The second-order valence-electron chi connectivity index (χ2n) is 6.28. The van der Waals surface area contributed by atoms with Crippen molar-refractivity contribution >= 4 is 45.3 Å². The zero-order chi connectivity index (χ0) is 19.3. The SMILES string of the molecule is Nc1ccc2ncnc(NCCc3ccccc3OCc3ccc(Cl)s3)c2c1. The smallest absolute Gasteiger partial charge is 0.137 e. The van der Waals surface area contributed by atoms with Crippen molar-refractivity contribution in [2.24, 2.45) is 0 Å². The van der Waals surface area contributed by atoms with Crippen molar-refractivity contribution in [3.05, 3.63) is 75.7 Å². The Labute approximate surface area is 172 Å². The average molecular weight is 411 g/mol. The van der Waals surface area contributed by atoms with E-state index in [1.165, 1.54) is 11.3 Å². The molecule has 4 rings (SSSR count). The number of benzene rings is 2. The Hall–Kier alpha value is -2.83. The predicted molar refractivity (Wildman–Crippen MR) is 116 cm³/mol. The van der Waals surface area contributed by atoms with Gasteiger partial charge >= 0.3 is 0 Å². The maximum atomic E-state index is 6.01. The number of halogens is 1.